The lowest BCUT2D eigenvalue weighted by molar-refractivity contribution is 0.0944. The van der Waals surface area contributed by atoms with Crippen molar-refractivity contribution in [3.8, 4) is 5.75 Å². The minimum Gasteiger partial charge on any atom is -0.492 e. The largest absolute Gasteiger partial charge is 0.492 e. The van der Waals surface area contributed by atoms with E-state index in [-0.39, 0.29) is 5.91 Å². The summed E-state index contributed by atoms with van der Waals surface area (Å²) in [5.41, 5.74) is 0.719. The fourth-order valence-electron chi connectivity index (χ4n) is 2.70. The van der Waals surface area contributed by atoms with E-state index in [0.29, 0.717) is 18.4 Å². The van der Waals surface area contributed by atoms with Crippen molar-refractivity contribution in [2.24, 2.45) is 0 Å². The summed E-state index contributed by atoms with van der Waals surface area (Å²) in [4.78, 5) is 13.5. The van der Waals surface area contributed by atoms with Gasteiger partial charge >= 0.3 is 0 Å². The van der Waals surface area contributed by atoms with Gasteiger partial charge in [-0.25, -0.2) is 0 Å². The van der Waals surface area contributed by atoms with E-state index in [1.165, 1.54) is 5.39 Å². The van der Waals surface area contributed by atoms with Gasteiger partial charge in [-0.15, -0.1) is 11.8 Å². The van der Waals surface area contributed by atoms with Gasteiger partial charge in [0.25, 0.3) is 5.91 Å². The zero-order valence-corrected chi connectivity index (χ0v) is 15.9. The van der Waals surface area contributed by atoms with Crippen molar-refractivity contribution in [3.05, 3.63) is 72.3 Å². The molecule has 0 unspecified atom stereocenters. The molecule has 3 aromatic carbocycles. The Kier molecular flexibility index (Phi) is 6.18. The van der Waals surface area contributed by atoms with Gasteiger partial charge in [-0.1, -0.05) is 56.3 Å². The Labute approximate surface area is 158 Å². The SMILES string of the molecule is CC(C)Sc1ccccc1C(=O)NCCOc1ccc2ccccc2c1. The normalized spacial score (nSPS) is 10.9. The molecule has 0 aromatic heterocycles. The van der Waals surface area contributed by atoms with Crippen molar-refractivity contribution in [2.45, 2.75) is 24.0 Å². The lowest BCUT2D eigenvalue weighted by atomic mass is 10.1. The van der Waals surface area contributed by atoms with Crippen LogP contribution in [-0.4, -0.2) is 24.3 Å². The summed E-state index contributed by atoms with van der Waals surface area (Å²) in [5, 5.41) is 5.71. The number of ether oxygens (including phenoxy) is 1. The van der Waals surface area contributed by atoms with Crippen molar-refractivity contribution in [3.63, 3.8) is 0 Å². The lowest BCUT2D eigenvalue weighted by Crippen LogP contribution is -2.28. The maximum absolute atomic E-state index is 12.5. The van der Waals surface area contributed by atoms with Gasteiger partial charge in [0.15, 0.2) is 0 Å². The number of amides is 1. The molecule has 4 heteroatoms. The van der Waals surface area contributed by atoms with Gasteiger partial charge in [-0.3, -0.25) is 4.79 Å². The number of hydrogen-bond acceptors (Lipinski definition) is 3. The molecule has 0 saturated carbocycles. The number of rotatable bonds is 7. The quantitative estimate of drug-likeness (QED) is 0.465. The summed E-state index contributed by atoms with van der Waals surface area (Å²) in [6.45, 7) is 5.14. The van der Waals surface area contributed by atoms with Crippen LogP contribution < -0.4 is 10.1 Å². The lowest BCUT2D eigenvalue weighted by Gasteiger charge is -2.12. The second-order valence-electron chi connectivity index (χ2n) is 6.28. The Morgan fingerprint density at radius 3 is 2.54 bits per heavy atom. The van der Waals surface area contributed by atoms with E-state index in [2.05, 4.69) is 31.3 Å². The minimum absolute atomic E-state index is 0.0594. The zero-order chi connectivity index (χ0) is 18.4. The van der Waals surface area contributed by atoms with Crippen LogP contribution >= 0.6 is 11.8 Å². The zero-order valence-electron chi connectivity index (χ0n) is 15.1. The van der Waals surface area contributed by atoms with E-state index < -0.39 is 0 Å². The van der Waals surface area contributed by atoms with Gasteiger partial charge in [0, 0.05) is 10.1 Å². The van der Waals surface area contributed by atoms with Crippen molar-refractivity contribution in [1.82, 2.24) is 5.32 Å². The average Bonchev–Trinajstić information content (AvgIpc) is 2.65. The number of carbonyl (C=O) groups excluding carboxylic acids is 1. The van der Waals surface area contributed by atoms with Crippen molar-refractivity contribution < 1.29 is 9.53 Å². The van der Waals surface area contributed by atoms with Crippen LogP contribution in [0.1, 0.15) is 24.2 Å². The number of thioether (sulfide) groups is 1. The molecule has 0 saturated heterocycles. The summed E-state index contributed by atoms with van der Waals surface area (Å²) in [6.07, 6.45) is 0. The van der Waals surface area contributed by atoms with Crippen LogP contribution in [0, 0.1) is 0 Å². The molecule has 3 rings (SSSR count). The third-order valence-corrected chi connectivity index (χ3v) is 4.95. The maximum atomic E-state index is 12.5. The first-order valence-electron chi connectivity index (χ1n) is 8.79. The van der Waals surface area contributed by atoms with E-state index in [0.717, 1.165) is 21.6 Å². The summed E-state index contributed by atoms with van der Waals surface area (Å²) in [5.74, 6) is 0.754. The molecule has 0 bridgehead atoms. The summed E-state index contributed by atoms with van der Waals surface area (Å²) < 4.78 is 5.78. The van der Waals surface area contributed by atoms with Crippen LogP contribution in [0.4, 0.5) is 0 Å². The predicted octanol–water partition coefficient (Wildman–Crippen LogP) is 5.15. The smallest absolute Gasteiger partial charge is 0.252 e. The maximum Gasteiger partial charge on any atom is 0.252 e. The van der Waals surface area contributed by atoms with Crippen LogP contribution in [0.5, 0.6) is 5.75 Å². The third-order valence-electron chi connectivity index (χ3n) is 3.87. The molecule has 26 heavy (non-hydrogen) atoms. The predicted molar refractivity (Wildman–Crippen MR) is 109 cm³/mol. The molecule has 0 spiro atoms. The fraction of sp³-hybridized carbons (Fsp3) is 0.227. The topological polar surface area (TPSA) is 38.3 Å². The standard InChI is InChI=1S/C22H23NO2S/c1-16(2)26-21-10-6-5-9-20(21)22(24)23-13-14-25-19-12-11-17-7-3-4-8-18(17)15-19/h3-12,15-16H,13-14H2,1-2H3,(H,23,24). The van der Waals surface area contributed by atoms with Gasteiger partial charge in [-0.05, 0) is 35.0 Å². The Morgan fingerprint density at radius 2 is 1.73 bits per heavy atom. The molecule has 134 valence electrons. The highest BCUT2D eigenvalue weighted by molar-refractivity contribution is 8.00. The van der Waals surface area contributed by atoms with Gasteiger partial charge in [0.2, 0.25) is 0 Å². The van der Waals surface area contributed by atoms with E-state index in [4.69, 9.17) is 4.74 Å². The minimum atomic E-state index is -0.0594. The molecule has 0 aliphatic carbocycles. The Morgan fingerprint density at radius 1 is 1.00 bits per heavy atom. The van der Waals surface area contributed by atoms with E-state index in [9.17, 15) is 4.79 Å². The monoisotopic (exact) mass is 365 g/mol. The van der Waals surface area contributed by atoms with Gasteiger partial charge in [0.1, 0.15) is 12.4 Å². The van der Waals surface area contributed by atoms with Crippen molar-refractivity contribution in [1.29, 1.82) is 0 Å². The van der Waals surface area contributed by atoms with Gasteiger partial charge in [-0.2, -0.15) is 0 Å². The number of hydrogen-bond donors (Lipinski definition) is 1. The fourth-order valence-corrected chi connectivity index (χ4v) is 3.65. The summed E-state index contributed by atoms with van der Waals surface area (Å²) in [6, 6.07) is 21.9. The van der Waals surface area contributed by atoms with Crippen LogP contribution in [0.2, 0.25) is 0 Å². The first-order chi connectivity index (χ1) is 12.6. The van der Waals surface area contributed by atoms with E-state index in [1.54, 1.807) is 11.8 Å². The molecule has 0 radical (unpaired) electrons. The molecule has 0 atom stereocenters. The summed E-state index contributed by atoms with van der Waals surface area (Å²) >= 11 is 1.70. The number of carbonyl (C=O) groups is 1. The van der Waals surface area contributed by atoms with Gasteiger partial charge < -0.3 is 10.1 Å². The van der Waals surface area contributed by atoms with Crippen LogP contribution in [0.15, 0.2) is 71.6 Å². The van der Waals surface area contributed by atoms with Crippen LogP contribution in [-0.2, 0) is 0 Å². The average molecular weight is 365 g/mol. The second kappa shape index (κ2) is 8.77. The molecule has 0 heterocycles. The van der Waals surface area contributed by atoms with E-state index >= 15 is 0 Å². The van der Waals surface area contributed by atoms with Crippen LogP contribution in [0.25, 0.3) is 10.8 Å². The Bertz CT molecular complexity index is 892. The molecular formula is C22H23NO2S. The van der Waals surface area contributed by atoms with Crippen LogP contribution in [0.3, 0.4) is 0 Å². The number of benzene rings is 3. The second-order valence-corrected chi connectivity index (χ2v) is 7.89. The molecule has 3 aromatic rings. The first kappa shape index (κ1) is 18.3. The molecule has 0 aliphatic heterocycles. The molecule has 0 fully saturated rings. The van der Waals surface area contributed by atoms with Gasteiger partial charge in [0.05, 0.1) is 12.1 Å². The van der Waals surface area contributed by atoms with E-state index in [1.807, 2.05) is 54.6 Å². The number of fused-ring (bicyclic) bond motifs is 1. The van der Waals surface area contributed by atoms with Crippen molar-refractivity contribution >= 4 is 28.4 Å². The third kappa shape index (κ3) is 4.79. The highest BCUT2D eigenvalue weighted by Crippen LogP contribution is 2.26. The molecule has 3 nitrogen and oxygen atoms in total. The highest BCUT2D eigenvalue weighted by atomic mass is 32.2. The first-order valence-corrected chi connectivity index (χ1v) is 9.67. The summed E-state index contributed by atoms with van der Waals surface area (Å²) in [7, 11) is 0. The molecular weight excluding hydrogens is 342 g/mol. The molecule has 1 amide bonds. The van der Waals surface area contributed by atoms with Crippen molar-refractivity contribution in [2.75, 3.05) is 13.2 Å². The Balaban J connectivity index is 1.54. The molecule has 1 N–H and O–H groups in total. The number of nitrogens with one attached hydrogen (secondary N) is 1. The Hall–Kier alpha value is -2.46. The highest BCUT2D eigenvalue weighted by Gasteiger charge is 2.12. The molecule has 0 aliphatic rings.